The minimum Gasteiger partial charge on any atom is -0.309 e. The second-order valence-electron chi connectivity index (χ2n) is 5.84. The van der Waals surface area contributed by atoms with Crippen molar-refractivity contribution in [1.29, 1.82) is 0 Å². The van der Waals surface area contributed by atoms with Crippen LogP contribution in [0.1, 0.15) is 60.3 Å². The molecule has 1 N–H and O–H groups in total. The van der Waals surface area contributed by atoms with Crippen molar-refractivity contribution in [2.45, 2.75) is 71.9 Å². The zero-order valence-corrected chi connectivity index (χ0v) is 13.1. The fourth-order valence-electron chi connectivity index (χ4n) is 3.39. The molecule has 0 bridgehead atoms. The Balaban J connectivity index is 2.91. The molecule has 1 unspecified atom stereocenters. The van der Waals surface area contributed by atoms with Crippen LogP contribution in [0.5, 0.6) is 0 Å². The molecule has 0 spiro atoms. The Morgan fingerprint density at radius 1 is 1.22 bits per heavy atom. The van der Waals surface area contributed by atoms with Crippen molar-refractivity contribution in [3.05, 3.63) is 11.6 Å². The third-order valence-corrected chi connectivity index (χ3v) is 4.39. The van der Waals surface area contributed by atoms with Crippen LogP contribution in [0, 0.1) is 0 Å². The van der Waals surface area contributed by atoms with E-state index in [0.717, 1.165) is 19.6 Å². The first-order valence-electron chi connectivity index (χ1n) is 7.75. The van der Waals surface area contributed by atoms with Gasteiger partial charge in [0.05, 0.1) is 0 Å². The molecule has 0 heterocycles. The Kier molecular flexibility index (Phi) is 6.37. The predicted molar refractivity (Wildman–Crippen MR) is 81.0 cm³/mol. The molecule has 0 aromatic carbocycles. The Labute approximate surface area is 114 Å². The van der Waals surface area contributed by atoms with Crippen LogP contribution in [0.2, 0.25) is 0 Å². The zero-order valence-electron chi connectivity index (χ0n) is 13.1. The van der Waals surface area contributed by atoms with Gasteiger partial charge in [-0.2, -0.15) is 0 Å². The van der Waals surface area contributed by atoms with E-state index in [1.807, 2.05) is 0 Å². The van der Waals surface area contributed by atoms with Gasteiger partial charge in [-0.25, -0.2) is 0 Å². The number of nitrogens with one attached hydrogen (secondary N) is 1. The second-order valence-corrected chi connectivity index (χ2v) is 5.84. The highest BCUT2D eigenvalue weighted by atomic mass is 15.2. The van der Waals surface area contributed by atoms with Gasteiger partial charge in [-0.1, -0.05) is 32.4 Å². The van der Waals surface area contributed by atoms with Crippen LogP contribution < -0.4 is 5.32 Å². The topological polar surface area (TPSA) is 15.3 Å². The average molecular weight is 252 g/mol. The minimum atomic E-state index is 0.197. The third kappa shape index (κ3) is 3.58. The monoisotopic (exact) mass is 252 g/mol. The maximum Gasteiger partial charge on any atom is 0.0461 e. The van der Waals surface area contributed by atoms with Crippen LogP contribution in [0.25, 0.3) is 0 Å². The molecule has 2 heteroatoms. The summed E-state index contributed by atoms with van der Waals surface area (Å²) in [6.45, 7) is 14.8. The van der Waals surface area contributed by atoms with Gasteiger partial charge in [-0.05, 0) is 59.2 Å². The van der Waals surface area contributed by atoms with Crippen molar-refractivity contribution >= 4 is 0 Å². The largest absolute Gasteiger partial charge is 0.309 e. The molecule has 1 aliphatic rings. The SMILES string of the molecule is CCNC(C1=CCCCC1)C(C)(C)N(CC)CC. The van der Waals surface area contributed by atoms with Gasteiger partial charge in [0.15, 0.2) is 0 Å². The van der Waals surface area contributed by atoms with Gasteiger partial charge in [0.1, 0.15) is 0 Å². The Morgan fingerprint density at radius 2 is 1.89 bits per heavy atom. The first-order valence-corrected chi connectivity index (χ1v) is 7.75. The summed E-state index contributed by atoms with van der Waals surface area (Å²) in [6.07, 6.45) is 7.77. The smallest absolute Gasteiger partial charge is 0.0461 e. The van der Waals surface area contributed by atoms with E-state index in [9.17, 15) is 0 Å². The van der Waals surface area contributed by atoms with E-state index in [0.29, 0.717) is 6.04 Å². The van der Waals surface area contributed by atoms with E-state index < -0.39 is 0 Å². The first kappa shape index (κ1) is 15.7. The van der Waals surface area contributed by atoms with E-state index in [1.54, 1.807) is 5.57 Å². The highest BCUT2D eigenvalue weighted by Gasteiger charge is 2.35. The number of nitrogens with zero attached hydrogens (tertiary/aromatic N) is 1. The van der Waals surface area contributed by atoms with E-state index in [2.05, 4.69) is 50.9 Å². The van der Waals surface area contributed by atoms with Gasteiger partial charge in [0.25, 0.3) is 0 Å². The Bertz CT molecular complexity index is 264. The fraction of sp³-hybridized carbons (Fsp3) is 0.875. The van der Waals surface area contributed by atoms with Crippen LogP contribution in [0.3, 0.4) is 0 Å². The van der Waals surface area contributed by atoms with Crippen LogP contribution >= 0.6 is 0 Å². The second kappa shape index (κ2) is 7.30. The van der Waals surface area contributed by atoms with E-state index in [-0.39, 0.29) is 5.54 Å². The molecule has 18 heavy (non-hydrogen) atoms. The van der Waals surface area contributed by atoms with Gasteiger partial charge < -0.3 is 5.32 Å². The molecule has 1 aliphatic carbocycles. The quantitative estimate of drug-likeness (QED) is 0.697. The number of likely N-dealkylation sites (N-methyl/N-ethyl adjacent to an activating group) is 2. The van der Waals surface area contributed by atoms with Crippen LogP contribution in [-0.4, -0.2) is 36.1 Å². The lowest BCUT2D eigenvalue weighted by Gasteiger charge is -2.45. The van der Waals surface area contributed by atoms with Gasteiger partial charge >= 0.3 is 0 Å². The molecule has 0 aliphatic heterocycles. The maximum absolute atomic E-state index is 3.73. The van der Waals surface area contributed by atoms with E-state index in [4.69, 9.17) is 0 Å². The number of allylic oxidation sites excluding steroid dienone is 1. The molecule has 1 atom stereocenters. The van der Waals surface area contributed by atoms with Gasteiger partial charge in [-0.3, -0.25) is 4.90 Å². The summed E-state index contributed by atoms with van der Waals surface area (Å²) in [6, 6.07) is 0.503. The summed E-state index contributed by atoms with van der Waals surface area (Å²) in [5, 5.41) is 3.73. The van der Waals surface area contributed by atoms with E-state index in [1.165, 1.54) is 25.7 Å². The highest BCUT2D eigenvalue weighted by molar-refractivity contribution is 5.19. The summed E-state index contributed by atoms with van der Waals surface area (Å²) in [5.41, 5.74) is 1.84. The standard InChI is InChI=1S/C16H32N2/c1-6-17-15(14-12-10-9-11-13-14)16(4,5)18(7-2)8-3/h12,15,17H,6-11,13H2,1-5H3. The molecule has 0 saturated carbocycles. The molecule has 1 rings (SSSR count). The molecule has 0 radical (unpaired) electrons. The Hall–Kier alpha value is -0.340. The normalized spacial score (nSPS) is 18.9. The molecule has 0 fully saturated rings. The zero-order chi connectivity index (χ0) is 13.6. The summed E-state index contributed by atoms with van der Waals surface area (Å²) < 4.78 is 0. The predicted octanol–water partition coefficient (Wildman–Crippen LogP) is 3.59. The molecule has 106 valence electrons. The van der Waals surface area contributed by atoms with Crippen LogP contribution in [0.15, 0.2) is 11.6 Å². The molecular formula is C16H32N2. The molecule has 2 nitrogen and oxygen atoms in total. The first-order chi connectivity index (χ1) is 8.57. The van der Waals surface area contributed by atoms with Gasteiger partial charge in [-0.15, -0.1) is 0 Å². The molecule has 0 amide bonds. The minimum absolute atomic E-state index is 0.197. The molecule has 0 aromatic heterocycles. The van der Waals surface area contributed by atoms with Crippen molar-refractivity contribution in [2.75, 3.05) is 19.6 Å². The molecule has 0 saturated heterocycles. The van der Waals surface area contributed by atoms with Crippen molar-refractivity contribution < 1.29 is 0 Å². The number of rotatable bonds is 7. The summed E-state index contributed by atoms with van der Waals surface area (Å²) in [7, 11) is 0. The van der Waals surface area contributed by atoms with Crippen LogP contribution in [0.4, 0.5) is 0 Å². The van der Waals surface area contributed by atoms with Crippen LogP contribution in [-0.2, 0) is 0 Å². The van der Waals surface area contributed by atoms with Gasteiger partial charge in [0, 0.05) is 11.6 Å². The van der Waals surface area contributed by atoms with E-state index >= 15 is 0 Å². The van der Waals surface area contributed by atoms with Crippen molar-refractivity contribution in [1.82, 2.24) is 10.2 Å². The summed E-state index contributed by atoms with van der Waals surface area (Å²) in [5.74, 6) is 0. The van der Waals surface area contributed by atoms with Crippen molar-refractivity contribution in [2.24, 2.45) is 0 Å². The fourth-order valence-corrected chi connectivity index (χ4v) is 3.39. The number of hydrogen-bond donors (Lipinski definition) is 1. The van der Waals surface area contributed by atoms with Crippen molar-refractivity contribution in [3.63, 3.8) is 0 Å². The average Bonchev–Trinajstić information content (AvgIpc) is 2.38. The van der Waals surface area contributed by atoms with Gasteiger partial charge in [0.2, 0.25) is 0 Å². The summed E-state index contributed by atoms with van der Waals surface area (Å²) in [4.78, 5) is 2.58. The lowest BCUT2D eigenvalue weighted by atomic mass is 9.82. The summed E-state index contributed by atoms with van der Waals surface area (Å²) >= 11 is 0. The maximum atomic E-state index is 3.73. The lowest BCUT2D eigenvalue weighted by Crippen LogP contribution is -2.58. The highest BCUT2D eigenvalue weighted by Crippen LogP contribution is 2.29. The van der Waals surface area contributed by atoms with Crippen molar-refractivity contribution in [3.8, 4) is 0 Å². The number of hydrogen-bond acceptors (Lipinski definition) is 2. The molecule has 0 aromatic rings. The lowest BCUT2D eigenvalue weighted by molar-refractivity contribution is 0.103. The molecular weight excluding hydrogens is 220 g/mol. The Morgan fingerprint density at radius 3 is 2.33 bits per heavy atom. The third-order valence-electron chi connectivity index (χ3n) is 4.39.